The highest BCUT2D eigenvalue weighted by molar-refractivity contribution is 8.76. The van der Waals surface area contributed by atoms with Gasteiger partial charge in [-0.25, -0.2) is 4.98 Å². The van der Waals surface area contributed by atoms with Crippen molar-refractivity contribution in [1.82, 2.24) is 52.1 Å². The number of aliphatic hydroxyl groups excluding tert-OH is 1. The highest BCUT2D eigenvalue weighted by Gasteiger charge is 2.44. The molecule has 2 saturated heterocycles. The highest BCUT2D eigenvalue weighted by atomic mass is 33.1. The van der Waals surface area contributed by atoms with Crippen LogP contribution in [-0.2, 0) is 91.2 Å². The van der Waals surface area contributed by atoms with Crippen LogP contribution in [0.2, 0.25) is 0 Å². The van der Waals surface area contributed by atoms with Crippen LogP contribution in [0.5, 0.6) is 5.75 Å². The molecule has 1 aromatic heterocycles. The number of carbonyl (C=O) groups excluding carboxylic acids is 14. The summed E-state index contributed by atoms with van der Waals surface area (Å²) in [6, 6.07) is 7.22. The number of H-pyrrole nitrogens is 1. The lowest BCUT2D eigenvalue weighted by atomic mass is 9.84. The Bertz CT molecular complexity index is 3940. The number of aromatic amines is 1. The molecule has 3 aliphatic rings. The van der Waals surface area contributed by atoms with E-state index in [1.807, 2.05) is 72.7 Å². The molecular formula is C93H145N13O18S2. The van der Waals surface area contributed by atoms with E-state index in [9.17, 15) is 87.2 Å². The van der Waals surface area contributed by atoms with Crippen molar-refractivity contribution in [3.63, 3.8) is 0 Å². The van der Waals surface area contributed by atoms with Crippen molar-refractivity contribution in [3.05, 3.63) is 95.7 Å². The Morgan fingerprint density at radius 1 is 0.651 bits per heavy atom. The van der Waals surface area contributed by atoms with Gasteiger partial charge in [0.2, 0.25) is 47.3 Å². The number of unbranched alkanes of at least 4 members (excludes halogenated alkanes) is 7. The number of benzene rings is 2. The summed E-state index contributed by atoms with van der Waals surface area (Å²) in [6.07, 6.45) is 17.3. The number of hydrogen-bond donors (Lipinski definition) is 13. The van der Waals surface area contributed by atoms with E-state index in [-0.39, 0.29) is 160 Å². The second-order valence-corrected chi connectivity index (χ2v) is 36.7. The minimum atomic E-state index is -1.43. The van der Waals surface area contributed by atoms with E-state index in [2.05, 4.69) is 72.9 Å². The van der Waals surface area contributed by atoms with Gasteiger partial charge in [0.25, 0.3) is 0 Å². The number of imidazole rings is 1. The van der Waals surface area contributed by atoms with Gasteiger partial charge in [-0.1, -0.05) is 191 Å². The molecule has 3 aliphatic heterocycles. The van der Waals surface area contributed by atoms with Crippen LogP contribution in [0, 0.1) is 41.4 Å². The quantitative estimate of drug-likeness (QED) is 0.0185. The van der Waals surface area contributed by atoms with Crippen molar-refractivity contribution >= 4 is 116 Å². The number of carboxylic acids is 1. The largest absolute Gasteiger partial charge is 0.508 e. The van der Waals surface area contributed by atoms with Crippen molar-refractivity contribution in [2.75, 3.05) is 37.7 Å². The lowest BCUT2D eigenvalue weighted by Crippen LogP contribution is -2.57. The number of aromatic nitrogens is 2. The van der Waals surface area contributed by atoms with E-state index < -0.39 is 126 Å². The summed E-state index contributed by atoms with van der Waals surface area (Å²) >= 11 is 0. The smallest absolute Gasteiger partial charge is 0.304 e. The van der Waals surface area contributed by atoms with Crippen LogP contribution >= 0.6 is 21.6 Å². The SMILES string of the molecule is CC(=O)N[C@H](Cc1ccccc1)C(=O)C[C@H](Cc1cnc[nH]1)C(=O)N[C@@H]1CSSC[C@H](C)CC(=O)[C@@H](CC(C)C)NC(=O)[C@@H](CC(=O)O)CC(=O)[C@@H](Cc2ccc(O)cc2)NC(=O)[C@H]2CC(O)CN2C1=O.CCCCCCC(=O)CNC(=O)CCC(=O)[C@@H](CC(C)C)NC(=O)[C@H](CC(=O)[C@@H](CC1=CCC=N1)NC(C)=O)C(C)CC.CCCCCN.CCCCCN. The Balaban J connectivity index is 0.000000629. The van der Waals surface area contributed by atoms with Gasteiger partial charge in [0, 0.05) is 132 Å². The van der Waals surface area contributed by atoms with Crippen molar-refractivity contribution in [2.45, 2.75) is 305 Å². The Labute approximate surface area is 752 Å². The zero-order chi connectivity index (χ0) is 93.8. The summed E-state index contributed by atoms with van der Waals surface area (Å²) in [5.41, 5.74) is 12.9. The minimum Gasteiger partial charge on any atom is -0.508 e. The van der Waals surface area contributed by atoms with Crippen molar-refractivity contribution < 1.29 is 87.2 Å². The number of hydrogen-bond acceptors (Lipinski definition) is 23. The Morgan fingerprint density at radius 2 is 1.26 bits per heavy atom. The van der Waals surface area contributed by atoms with E-state index in [1.54, 1.807) is 18.3 Å². The Kier molecular flexibility index (Phi) is 54.5. The number of Topliss-reactive ketones (excluding diaryl/α,β-unsaturated/α-hetero) is 6. The van der Waals surface area contributed by atoms with E-state index in [4.69, 9.17) is 11.5 Å². The number of allylic oxidation sites excluding steroid dienone is 1. The second-order valence-electron chi connectivity index (χ2n) is 34.1. The lowest BCUT2D eigenvalue weighted by molar-refractivity contribution is -0.143. The molecule has 0 radical (unpaired) electrons. The summed E-state index contributed by atoms with van der Waals surface area (Å²) in [5, 5.41) is 50.0. The van der Waals surface area contributed by atoms with Crippen molar-refractivity contribution in [3.8, 4) is 5.75 Å². The number of nitrogens with zero attached hydrogens (tertiary/aromatic N) is 3. The first-order chi connectivity index (χ1) is 59.9. The van der Waals surface area contributed by atoms with Gasteiger partial charge in [0.1, 0.15) is 17.8 Å². The summed E-state index contributed by atoms with van der Waals surface area (Å²) in [4.78, 5) is 213. The molecule has 33 heteroatoms. The third kappa shape index (κ3) is 44.9. The molecule has 15 N–H and O–H groups in total. The maximum atomic E-state index is 14.8. The molecule has 702 valence electrons. The maximum absolute atomic E-state index is 14.8. The average Bonchev–Trinajstić information content (AvgIpc) is 1.63. The molecule has 2 unspecified atom stereocenters. The van der Waals surface area contributed by atoms with Crippen LogP contribution in [0.15, 0.2) is 83.9 Å². The number of aliphatic carboxylic acids is 1. The number of nitrogens with two attached hydrogens (primary N) is 2. The monoisotopic (exact) mass is 1800 g/mol. The van der Waals surface area contributed by atoms with Gasteiger partial charge in [0.05, 0.1) is 67.4 Å². The van der Waals surface area contributed by atoms with E-state index in [1.165, 1.54) is 111 Å². The fourth-order valence-electron chi connectivity index (χ4n) is 14.5. The summed E-state index contributed by atoms with van der Waals surface area (Å²) < 4.78 is 0. The normalized spacial score (nSPS) is 19.6. The number of ketones is 6. The van der Waals surface area contributed by atoms with Crippen LogP contribution in [0.3, 0.4) is 0 Å². The first-order valence-corrected chi connectivity index (χ1v) is 47.5. The number of aliphatic imine (C=N–C) groups is 1. The van der Waals surface area contributed by atoms with Crippen LogP contribution in [-0.4, -0.2) is 210 Å². The number of fused-ring (bicyclic) bond motifs is 1. The van der Waals surface area contributed by atoms with Gasteiger partial charge in [-0.05, 0) is 105 Å². The molecule has 8 amide bonds. The van der Waals surface area contributed by atoms with Gasteiger partial charge >= 0.3 is 5.97 Å². The average molecular weight is 1800 g/mol. The van der Waals surface area contributed by atoms with Crippen LogP contribution in [0.1, 0.15) is 254 Å². The molecule has 0 saturated carbocycles. The number of phenols is 1. The molecule has 3 aromatic rings. The Morgan fingerprint density at radius 3 is 1.83 bits per heavy atom. The molecule has 0 aliphatic carbocycles. The Hall–Kier alpha value is -9.31. The summed E-state index contributed by atoms with van der Waals surface area (Å²) in [7, 11) is 2.55. The van der Waals surface area contributed by atoms with Gasteiger partial charge in [0.15, 0.2) is 34.7 Å². The predicted molar refractivity (Wildman–Crippen MR) is 491 cm³/mol. The molecule has 2 fully saturated rings. The van der Waals surface area contributed by atoms with Crippen LogP contribution in [0.4, 0.5) is 0 Å². The topological polar surface area (TPSA) is 497 Å². The summed E-state index contributed by atoms with van der Waals surface area (Å²) in [5.74, 6) is -11.3. The standard InChI is InChI=1S/C50H65N7O12S2.C33H54N4O6.2C5H13N/c1-28(2)14-38-43(61)15-29(3)25-70-71-26-41(56-47(66)33(18-35-23-51-27-52-35)19-44(62)39(53-30(4)58)16-31-8-6-5-7-9-31)50(69)57-24-37(60)22-42(57)49(68)55-40(17-32-10-12-36(59)13-11-32)45(63)20-34(21-46(64)65)48(67)54-38;1-7-9-10-11-14-26(39)21-35-32(42)16-15-30(40)28(18-22(3)4)37-33(43)27(23(5)8-2)20-31(41)29(36-24(6)38)19-25-13-12-17-34-25;2*1-2-3-4-5-6/h5-13,23,27-29,33-34,37-42,59-60H,14-22,24-26H2,1-4H3,(H,51,52)(H,53,58)(H,54,67)(H,55,68)(H,56,66)(H,64,65);13,17,22-23,27-29H,7-12,14-16,18-21H2,1-6H3,(H,35,42)(H,36,38)(H,37,43);2*2-6H2,1H3/t29-,33+,34-,37?,38-,39-,40-,41-,42-;23?,27-,28-,29-;;/m11../s1. The maximum Gasteiger partial charge on any atom is 0.304 e. The second kappa shape index (κ2) is 62.0. The number of phenolic OH excluding ortho intramolecular Hbond substituents is 1. The zero-order valence-electron chi connectivity index (χ0n) is 76.3. The minimum absolute atomic E-state index is 0.000461. The van der Waals surface area contributed by atoms with E-state index in [0.29, 0.717) is 42.7 Å². The molecule has 6 rings (SSSR count). The number of aliphatic hydroxyl groups is 1. The van der Waals surface area contributed by atoms with E-state index >= 15 is 0 Å². The number of rotatable bonds is 45. The highest BCUT2D eigenvalue weighted by Crippen LogP contribution is 2.31. The molecule has 2 aromatic carbocycles. The van der Waals surface area contributed by atoms with Crippen molar-refractivity contribution in [2.24, 2.45) is 57.9 Å². The third-order valence-corrected chi connectivity index (χ3v) is 24.4. The number of amides is 8. The first kappa shape index (κ1) is 111. The molecular weight excluding hydrogens is 1650 g/mol. The van der Waals surface area contributed by atoms with Gasteiger partial charge in [-0.2, -0.15) is 0 Å². The number of aromatic hydroxyl groups is 1. The number of nitrogens with one attached hydrogen (secondary N) is 8. The number of carboxylic acid groups (broad SMARTS) is 1. The first-order valence-electron chi connectivity index (χ1n) is 45.0. The van der Waals surface area contributed by atoms with Gasteiger partial charge < -0.3 is 73.9 Å². The zero-order valence-corrected chi connectivity index (χ0v) is 77.9. The van der Waals surface area contributed by atoms with Gasteiger partial charge in [-0.15, -0.1) is 0 Å². The molecule has 31 nitrogen and oxygen atoms in total. The molecule has 4 heterocycles. The third-order valence-electron chi connectivity index (χ3n) is 21.7. The van der Waals surface area contributed by atoms with Crippen LogP contribution in [0.25, 0.3) is 0 Å². The fourth-order valence-corrected chi connectivity index (χ4v) is 17.1. The fraction of sp³-hybridized carbons (Fsp3) is 0.645. The molecule has 13 atom stereocenters. The van der Waals surface area contributed by atoms with Gasteiger partial charge in [-0.3, -0.25) is 76.9 Å². The molecule has 126 heavy (non-hydrogen) atoms. The molecule has 0 spiro atoms. The number of carbonyl (C=O) groups is 15. The predicted octanol–water partition coefficient (Wildman–Crippen LogP) is 9.39. The van der Waals surface area contributed by atoms with E-state index in [0.717, 1.165) is 54.9 Å². The van der Waals surface area contributed by atoms with Crippen molar-refractivity contribution in [1.29, 1.82) is 0 Å². The van der Waals surface area contributed by atoms with Crippen LogP contribution < -0.4 is 48.7 Å². The molecule has 0 bridgehead atoms. The summed E-state index contributed by atoms with van der Waals surface area (Å²) in [6.45, 7) is 23.7. The lowest BCUT2D eigenvalue weighted by Gasteiger charge is -2.31.